The Hall–Kier alpha value is -3.16. The summed E-state index contributed by atoms with van der Waals surface area (Å²) < 4.78 is 5.21. The number of H-pyrrole nitrogens is 1. The maximum atomic E-state index is 11.6. The number of halogens is 2. The van der Waals surface area contributed by atoms with Crippen molar-refractivity contribution < 1.29 is 9.53 Å². The van der Waals surface area contributed by atoms with E-state index in [9.17, 15) is 4.79 Å². The second-order valence-corrected chi connectivity index (χ2v) is 6.82. The van der Waals surface area contributed by atoms with Crippen molar-refractivity contribution in [2.24, 2.45) is 0 Å². The number of carbonyl (C=O) groups excluding carboxylic acids is 1. The lowest BCUT2D eigenvalue weighted by molar-refractivity contribution is -0.113. The van der Waals surface area contributed by atoms with Crippen LogP contribution in [-0.2, 0) is 4.79 Å². The average Bonchev–Trinajstić information content (AvgIpc) is 3.12. The van der Waals surface area contributed by atoms with Gasteiger partial charge in [0.1, 0.15) is 17.4 Å². The number of nitrogens with one attached hydrogen (secondary N) is 2. The quantitative estimate of drug-likeness (QED) is 0.456. The van der Waals surface area contributed by atoms with Gasteiger partial charge in [0.15, 0.2) is 0 Å². The Morgan fingerprint density at radius 3 is 2.76 bits per heavy atom. The number of aromatic amines is 1. The molecule has 0 saturated heterocycles. The molecule has 1 amide bonds. The smallest absolute Gasteiger partial charge is 0.240 e. The van der Waals surface area contributed by atoms with Gasteiger partial charge in [-0.3, -0.25) is 14.8 Å². The third-order valence-electron chi connectivity index (χ3n) is 4.27. The first-order valence-corrected chi connectivity index (χ1v) is 9.50. The van der Waals surface area contributed by atoms with E-state index in [1.54, 1.807) is 37.8 Å². The first-order chi connectivity index (χ1) is 14.1. The van der Waals surface area contributed by atoms with Crippen LogP contribution in [0.4, 0.5) is 5.82 Å². The molecule has 0 saturated carbocycles. The molecule has 0 radical (unpaired) electrons. The summed E-state index contributed by atoms with van der Waals surface area (Å²) in [4.78, 5) is 28.2. The predicted molar refractivity (Wildman–Crippen MR) is 113 cm³/mol. The van der Waals surface area contributed by atoms with Gasteiger partial charge in [0.25, 0.3) is 0 Å². The Morgan fingerprint density at radius 2 is 2.03 bits per heavy atom. The number of ether oxygens (including phenoxy) is 1. The van der Waals surface area contributed by atoms with Crippen molar-refractivity contribution in [1.29, 1.82) is 0 Å². The van der Waals surface area contributed by atoms with E-state index in [0.29, 0.717) is 22.3 Å². The number of aromatic nitrogens is 4. The number of nitrogens with zero attached hydrogens (tertiary/aromatic N) is 3. The Labute approximate surface area is 176 Å². The van der Waals surface area contributed by atoms with Crippen molar-refractivity contribution in [3.8, 4) is 28.3 Å². The molecule has 0 spiro atoms. The van der Waals surface area contributed by atoms with Crippen LogP contribution in [0.25, 0.3) is 33.5 Å². The number of hydrogen-bond donors (Lipinski definition) is 2. The van der Waals surface area contributed by atoms with Gasteiger partial charge in [0, 0.05) is 18.0 Å². The maximum Gasteiger partial charge on any atom is 0.240 e. The molecule has 7 nitrogen and oxygen atoms in total. The minimum Gasteiger partial charge on any atom is -0.495 e. The third kappa shape index (κ3) is 3.87. The fourth-order valence-electron chi connectivity index (χ4n) is 2.99. The van der Waals surface area contributed by atoms with Gasteiger partial charge in [0.2, 0.25) is 5.91 Å². The largest absolute Gasteiger partial charge is 0.495 e. The molecule has 4 aromatic rings. The maximum absolute atomic E-state index is 11.6. The van der Waals surface area contributed by atoms with Crippen molar-refractivity contribution in [3.05, 3.63) is 53.9 Å². The summed E-state index contributed by atoms with van der Waals surface area (Å²) in [6.45, 7) is 0. The molecule has 4 rings (SSSR count). The molecular formula is C20H15Cl2N5O2. The van der Waals surface area contributed by atoms with Crippen LogP contribution in [0.2, 0.25) is 5.02 Å². The summed E-state index contributed by atoms with van der Waals surface area (Å²) in [5, 5.41) is 3.17. The molecule has 4 heterocycles. The Balaban J connectivity index is 1.89. The number of pyridine rings is 3. The van der Waals surface area contributed by atoms with Gasteiger partial charge < -0.3 is 15.0 Å². The highest BCUT2D eigenvalue weighted by Gasteiger charge is 2.18. The molecule has 0 unspecified atom stereocenters. The van der Waals surface area contributed by atoms with Crippen LogP contribution in [0.3, 0.4) is 0 Å². The number of fused-ring (bicyclic) bond motifs is 1. The molecular weight excluding hydrogens is 413 g/mol. The molecule has 146 valence electrons. The number of anilines is 1. The van der Waals surface area contributed by atoms with Gasteiger partial charge in [-0.1, -0.05) is 11.6 Å². The van der Waals surface area contributed by atoms with Crippen molar-refractivity contribution in [2.45, 2.75) is 0 Å². The van der Waals surface area contributed by atoms with E-state index in [4.69, 9.17) is 27.9 Å². The molecule has 0 aliphatic heterocycles. The monoisotopic (exact) mass is 427 g/mol. The van der Waals surface area contributed by atoms with Gasteiger partial charge in [-0.15, -0.1) is 11.6 Å². The standard InChI is InChI=1S/C20H15Cl2N5O2/c1-29-13-2-3-14(24-10-13)18-19(26-15-7-12(22)9-25-20(15)18)11-4-5-23-16(6-11)27-17(28)8-21/h2-7,9-10,26H,8H2,1H3,(H,23,27,28). The van der Waals surface area contributed by atoms with E-state index in [-0.39, 0.29) is 11.8 Å². The van der Waals surface area contributed by atoms with Crippen molar-refractivity contribution in [2.75, 3.05) is 18.3 Å². The number of rotatable bonds is 5. The van der Waals surface area contributed by atoms with Crippen molar-refractivity contribution >= 4 is 46.0 Å². The van der Waals surface area contributed by atoms with E-state index in [2.05, 4.69) is 25.3 Å². The molecule has 0 aliphatic carbocycles. The highest BCUT2D eigenvalue weighted by atomic mass is 35.5. The molecule has 2 N–H and O–H groups in total. The highest BCUT2D eigenvalue weighted by molar-refractivity contribution is 6.31. The lowest BCUT2D eigenvalue weighted by Crippen LogP contribution is -2.13. The molecule has 9 heteroatoms. The van der Waals surface area contributed by atoms with Crippen molar-refractivity contribution in [1.82, 2.24) is 19.9 Å². The topological polar surface area (TPSA) is 92.8 Å². The zero-order valence-corrected chi connectivity index (χ0v) is 16.8. The third-order valence-corrected chi connectivity index (χ3v) is 4.72. The number of methoxy groups -OCH3 is 1. The lowest BCUT2D eigenvalue weighted by Gasteiger charge is -2.08. The number of alkyl halides is 1. The van der Waals surface area contributed by atoms with Crippen molar-refractivity contribution in [3.63, 3.8) is 0 Å². The number of amides is 1. The lowest BCUT2D eigenvalue weighted by atomic mass is 10.0. The van der Waals surface area contributed by atoms with Gasteiger partial charge in [0.05, 0.1) is 46.3 Å². The van der Waals surface area contributed by atoms with Gasteiger partial charge in [-0.05, 0) is 30.3 Å². The zero-order valence-electron chi connectivity index (χ0n) is 15.2. The van der Waals surface area contributed by atoms with E-state index >= 15 is 0 Å². The van der Waals surface area contributed by atoms with Crippen LogP contribution < -0.4 is 10.1 Å². The fourth-order valence-corrected chi connectivity index (χ4v) is 3.22. The molecule has 4 aromatic heterocycles. The minimum absolute atomic E-state index is 0.151. The normalized spacial score (nSPS) is 10.9. The van der Waals surface area contributed by atoms with Gasteiger partial charge in [-0.2, -0.15) is 0 Å². The zero-order chi connectivity index (χ0) is 20.4. The second-order valence-electron chi connectivity index (χ2n) is 6.12. The van der Waals surface area contributed by atoms with Crippen LogP contribution in [0, 0.1) is 0 Å². The second kappa shape index (κ2) is 8.06. The van der Waals surface area contributed by atoms with Crippen LogP contribution in [0.5, 0.6) is 5.75 Å². The highest BCUT2D eigenvalue weighted by Crippen LogP contribution is 2.37. The first kappa shape index (κ1) is 19.2. The number of hydrogen-bond acceptors (Lipinski definition) is 5. The minimum atomic E-state index is -0.335. The van der Waals surface area contributed by atoms with E-state index in [1.807, 2.05) is 18.2 Å². The molecule has 0 aliphatic rings. The summed E-state index contributed by atoms with van der Waals surface area (Å²) in [5.74, 6) is 0.563. The molecule has 0 aromatic carbocycles. The van der Waals surface area contributed by atoms with Crippen LogP contribution in [0.1, 0.15) is 0 Å². The number of carbonyl (C=O) groups is 1. The van der Waals surface area contributed by atoms with Crippen LogP contribution in [-0.4, -0.2) is 38.8 Å². The molecule has 0 bridgehead atoms. The summed E-state index contributed by atoms with van der Waals surface area (Å²) >= 11 is 11.7. The summed E-state index contributed by atoms with van der Waals surface area (Å²) in [6, 6.07) is 9.08. The SMILES string of the molecule is COc1ccc(-c2c(-c3ccnc(NC(=O)CCl)c3)[nH]c3cc(Cl)cnc23)nc1. The molecule has 0 fully saturated rings. The molecule has 0 atom stereocenters. The fraction of sp³-hybridized carbons (Fsp3) is 0.100. The average molecular weight is 428 g/mol. The molecule has 29 heavy (non-hydrogen) atoms. The van der Waals surface area contributed by atoms with E-state index in [0.717, 1.165) is 27.9 Å². The Kier molecular flexibility index (Phi) is 5.33. The van der Waals surface area contributed by atoms with Crippen LogP contribution in [0.15, 0.2) is 48.9 Å². The van der Waals surface area contributed by atoms with Gasteiger partial charge in [-0.25, -0.2) is 4.98 Å². The summed E-state index contributed by atoms with van der Waals surface area (Å²) in [7, 11) is 1.59. The van der Waals surface area contributed by atoms with E-state index in [1.165, 1.54) is 0 Å². The Morgan fingerprint density at radius 1 is 1.17 bits per heavy atom. The van der Waals surface area contributed by atoms with Gasteiger partial charge >= 0.3 is 0 Å². The predicted octanol–water partition coefficient (Wildman–Crippen LogP) is 4.53. The summed E-state index contributed by atoms with van der Waals surface area (Å²) in [6.07, 6.45) is 4.84. The van der Waals surface area contributed by atoms with Crippen LogP contribution >= 0.6 is 23.2 Å². The first-order valence-electron chi connectivity index (χ1n) is 8.59. The summed E-state index contributed by atoms with van der Waals surface area (Å²) in [5.41, 5.74) is 4.58. The Bertz CT molecular complexity index is 1190. The van der Waals surface area contributed by atoms with E-state index < -0.39 is 0 Å².